The molecule has 0 amide bonds. The van der Waals surface area contributed by atoms with Gasteiger partial charge in [-0.15, -0.1) is 0 Å². The van der Waals surface area contributed by atoms with E-state index in [1.54, 1.807) is 19.1 Å². The van der Waals surface area contributed by atoms with Gasteiger partial charge < -0.3 is 10.1 Å². The summed E-state index contributed by atoms with van der Waals surface area (Å²) < 4.78 is 5.31. The van der Waals surface area contributed by atoms with E-state index >= 15 is 0 Å². The van der Waals surface area contributed by atoms with Crippen molar-refractivity contribution in [2.45, 2.75) is 13.3 Å². The molecule has 1 aromatic rings. The molecule has 1 aromatic carbocycles. The van der Waals surface area contributed by atoms with E-state index in [0.717, 1.165) is 45.8 Å². The molecule has 0 radical (unpaired) electrons. The summed E-state index contributed by atoms with van der Waals surface area (Å²) >= 11 is 5.15. The molecule has 0 atom stereocenters. The van der Waals surface area contributed by atoms with Crippen LogP contribution in [0.2, 0.25) is 0 Å². The van der Waals surface area contributed by atoms with Crippen LogP contribution in [0.15, 0.2) is 23.3 Å². The van der Waals surface area contributed by atoms with Gasteiger partial charge in [-0.25, -0.2) is 0 Å². The van der Waals surface area contributed by atoms with Crippen molar-refractivity contribution in [2.75, 3.05) is 39.4 Å². The van der Waals surface area contributed by atoms with Crippen LogP contribution in [-0.2, 0) is 4.74 Å². The summed E-state index contributed by atoms with van der Waals surface area (Å²) in [6, 6.07) is 4.95. The molecule has 1 heterocycles. The van der Waals surface area contributed by atoms with Crippen molar-refractivity contribution in [1.29, 1.82) is 0 Å². The van der Waals surface area contributed by atoms with Crippen molar-refractivity contribution in [2.24, 2.45) is 5.10 Å². The van der Waals surface area contributed by atoms with Crippen molar-refractivity contribution in [3.63, 3.8) is 0 Å². The van der Waals surface area contributed by atoms with E-state index in [1.165, 1.54) is 12.3 Å². The number of benzene rings is 1. The van der Waals surface area contributed by atoms with Gasteiger partial charge in [0.05, 0.1) is 24.4 Å². The maximum Gasteiger partial charge on any atom is 0.272 e. The van der Waals surface area contributed by atoms with Gasteiger partial charge >= 0.3 is 0 Å². The van der Waals surface area contributed by atoms with Crippen LogP contribution in [0, 0.1) is 17.0 Å². The lowest BCUT2D eigenvalue weighted by Crippen LogP contribution is -2.39. The summed E-state index contributed by atoms with van der Waals surface area (Å²) in [5.41, 5.74) is 4.05. The molecule has 0 unspecified atom stereocenters. The van der Waals surface area contributed by atoms with E-state index in [0.29, 0.717) is 16.2 Å². The fourth-order valence-electron chi connectivity index (χ4n) is 2.44. The minimum atomic E-state index is -0.402. The van der Waals surface area contributed by atoms with Crippen molar-refractivity contribution < 1.29 is 9.66 Å². The Bertz CT molecular complexity index is 632. The molecule has 0 spiro atoms. The van der Waals surface area contributed by atoms with Crippen LogP contribution < -0.4 is 10.7 Å². The van der Waals surface area contributed by atoms with Gasteiger partial charge in [-0.3, -0.25) is 20.4 Å². The topological polar surface area (TPSA) is 92.0 Å². The molecule has 2 N–H and O–H groups in total. The number of rotatable bonds is 7. The number of nitro benzene ring substituents is 1. The number of morpholine rings is 1. The molecule has 25 heavy (non-hydrogen) atoms. The Morgan fingerprint density at radius 1 is 1.48 bits per heavy atom. The molecule has 1 fully saturated rings. The third-order valence-corrected chi connectivity index (χ3v) is 4.09. The van der Waals surface area contributed by atoms with Crippen molar-refractivity contribution in [3.8, 4) is 0 Å². The van der Waals surface area contributed by atoms with Gasteiger partial charge in [0.25, 0.3) is 5.69 Å². The second-order valence-corrected chi connectivity index (χ2v) is 6.14. The smallest absolute Gasteiger partial charge is 0.272 e. The SMILES string of the molecule is Cc1ccc(/C=N\NC(=S)NCCCN2CCOCC2)cc1[N+](=O)[O-]. The maximum atomic E-state index is 10.9. The van der Waals surface area contributed by atoms with Gasteiger partial charge in [0.1, 0.15) is 0 Å². The van der Waals surface area contributed by atoms with Gasteiger partial charge in [0, 0.05) is 36.8 Å². The number of hydrazone groups is 1. The molecule has 1 aliphatic heterocycles. The van der Waals surface area contributed by atoms with Crippen LogP contribution in [0.1, 0.15) is 17.5 Å². The Labute approximate surface area is 152 Å². The van der Waals surface area contributed by atoms with Crippen LogP contribution >= 0.6 is 12.2 Å². The van der Waals surface area contributed by atoms with Gasteiger partial charge in [-0.2, -0.15) is 5.10 Å². The van der Waals surface area contributed by atoms with Gasteiger partial charge in [-0.1, -0.05) is 12.1 Å². The number of nitrogens with zero attached hydrogens (tertiary/aromatic N) is 3. The summed E-state index contributed by atoms with van der Waals surface area (Å²) in [5.74, 6) is 0. The van der Waals surface area contributed by atoms with Crippen molar-refractivity contribution in [1.82, 2.24) is 15.6 Å². The monoisotopic (exact) mass is 365 g/mol. The molecular weight excluding hydrogens is 342 g/mol. The first-order valence-electron chi connectivity index (χ1n) is 8.18. The van der Waals surface area contributed by atoms with Crippen LogP contribution in [0.5, 0.6) is 0 Å². The number of ether oxygens (including phenoxy) is 1. The predicted molar refractivity (Wildman–Crippen MR) is 101 cm³/mol. The molecular formula is C16H23N5O3S. The Balaban J connectivity index is 1.68. The minimum absolute atomic E-state index is 0.0766. The zero-order valence-electron chi connectivity index (χ0n) is 14.2. The number of hydrogen-bond acceptors (Lipinski definition) is 6. The van der Waals surface area contributed by atoms with E-state index in [-0.39, 0.29) is 5.69 Å². The van der Waals surface area contributed by atoms with Crippen LogP contribution in [0.4, 0.5) is 5.69 Å². The second kappa shape index (κ2) is 10.0. The molecule has 8 nitrogen and oxygen atoms in total. The molecule has 9 heteroatoms. The van der Waals surface area contributed by atoms with Crippen molar-refractivity contribution >= 4 is 29.2 Å². The first-order chi connectivity index (χ1) is 12.1. The van der Waals surface area contributed by atoms with E-state index in [2.05, 4.69) is 20.7 Å². The maximum absolute atomic E-state index is 10.9. The predicted octanol–water partition coefficient (Wildman–Crippen LogP) is 1.42. The second-order valence-electron chi connectivity index (χ2n) is 5.74. The third-order valence-electron chi connectivity index (χ3n) is 3.85. The van der Waals surface area contributed by atoms with Gasteiger partial charge in [0.15, 0.2) is 5.11 Å². The number of nitro groups is 1. The first-order valence-corrected chi connectivity index (χ1v) is 8.59. The molecule has 0 aromatic heterocycles. The zero-order chi connectivity index (χ0) is 18.1. The molecule has 0 bridgehead atoms. The Morgan fingerprint density at radius 3 is 2.96 bits per heavy atom. The summed E-state index contributed by atoms with van der Waals surface area (Å²) in [5, 5.41) is 18.5. The average Bonchev–Trinajstić information content (AvgIpc) is 2.61. The average molecular weight is 365 g/mol. The van der Waals surface area contributed by atoms with Gasteiger partial charge in [-0.05, 0) is 32.1 Å². The Kier molecular flexibility index (Phi) is 7.71. The number of nitrogens with one attached hydrogen (secondary N) is 2. The summed E-state index contributed by atoms with van der Waals surface area (Å²) in [4.78, 5) is 12.9. The van der Waals surface area contributed by atoms with E-state index in [9.17, 15) is 10.1 Å². The lowest BCUT2D eigenvalue weighted by molar-refractivity contribution is -0.385. The molecule has 2 rings (SSSR count). The zero-order valence-corrected chi connectivity index (χ0v) is 15.1. The molecule has 1 aliphatic rings. The van der Waals surface area contributed by atoms with Crippen LogP contribution in [0.25, 0.3) is 0 Å². The summed E-state index contributed by atoms with van der Waals surface area (Å²) in [6.45, 7) is 7.04. The fourth-order valence-corrected chi connectivity index (χ4v) is 2.59. The normalized spacial score (nSPS) is 15.2. The molecule has 0 aliphatic carbocycles. The number of hydrogen-bond donors (Lipinski definition) is 2. The van der Waals surface area contributed by atoms with E-state index < -0.39 is 4.92 Å². The lowest BCUT2D eigenvalue weighted by atomic mass is 10.1. The molecule has 1 saturated heterocycles. The highest BCUT2D eigenvalue weighted by atomic mass is 32.1. The fraction of sp³-hybridized carbons (Fsp3) is 0.500. The Morgan fingerprint density at radius 2 is 2.24 bits per heavy atom. The quantitative estimate of drug-likeness (QED) is 0.248. The first kappa shape index (κ1) is 19.2. The number of aryl methyl sites for hydroxylation is 1. The highest BCUT2D eigenvalue weighted by Gasteiger charge is 2.10. The summed E-state index contributed by atoms with van der Waals surface area (Å²) in [7, 11) is 0. The highest BCUT2D eigenvalue weighted by Crippen LogP contribution is 2.18. The van der Waals surface area contributed by atoms with Crippen LogP contribution in [0.3, 0.4) is 0 Å². The van der Waals surface area contributed by atoms with E-state index in [1.807, 2.05) is 0 Å². The molecule has 136 valence electrons. The standard InChI is InChI=1S/C16H23N5O3S/c1-13-3-4-14(11-15(13)21(22)23)12-18-19-16(25)17-5-2-6-20-7-9-24-10-8-20/h3-4,11-12H,2,5-10H2,1H3,(H2,17,19,25)/b18-12-. The van der Waals surface area contributed by atoms with Gasteiger partial charge in [0.2, 0.25) is 0 Å². The van der Waals surface area contributed by atoms with Crippen molar-refractivity contribution in [3.05, 3.63) is 39.4 Å². The Hall–Kier alpha value is -2.10. The highest BCUT2D eigenvalue weighted by molar-refractivity contribution is 7.80. The molecule has 0 saturated carbocycles. The minimum Gasteiger partial charge on any atom is -0.379 e. The van der Waals surface area contributed by atoms with E-state index in [4.69, 9.17) is 17.0 Å². The largest absolute Gasteiger partial charge is 0.379 e. The lowest BCUT2D eigenvalue weighted by Gasteiger charge is -2.26. The third kappa shape index (κ3) is 6.73. The number of thiocarbonyl (C=S) groups is 1. The summed E-state index contributed by atoms with van der Waals surface area (Å²) in [6.07, 6.45) is 2.49. The van der Waals surface area contributed by atoms with Crippen LogP contribution in [-0.4, -0.2) is 60.5 Å².